The van der Waals surface area contributed by atoms with Crippen LogP contribution in [0.25, 0.3) is 11.3 Å². The standard InChI is InChI=1S/C16H12ClN3O2/c1-9-12(8-18)15(20-16(21)19-9)14-7-6-13(22-14)10-2-4-11(17)5-3-10/h2-7,15H,1H3,(H2,19,20,21). The molecule has 2 heterocycles. The molecule has 22 heavy (non-hydrogen) atoms. The van der Waals surface area contributed by atoms with E-state index in [1.807, 2.05) is 12.1 Å². The number of nitrogens with zero attached hydrogens (tertiary/aromatic N) is 1. The van der Waals surface area contributed by atoms with Crippen molar-refractivity contribution in [3.05, 3.63) is 58.5 Å². The third-order valence-electron chi connectivity index (χ3n) is 3.43. The second kappa shape index (κ2) is 5.58. The number of halogens is 1. The lowest BCUT2D eigenvalue weighted by Crippen LogP contribution is -2.43. The van der Waals surface area contributed by atoms with Gasteiger partial charge in [-0.1, -0.05) is 11.6 Å². The van der Waals surface area contributed by atoms with Gasteiger partial charge in [-0.05, 0) is 43.3 Å². The highest BCUT2D eigenvalue weighted by Crippen LogP contribution is 2.31. The van der Waals surface area contributed by atoms with Gasteiger partial charge >= 0.3 is 6.03 Å². The Morgan fingerprint density at radius 2 is 1.95 bits per heavy atom. The molecule has 0 spiro atoms. The Labute approximate surface area is 132 Å². The zero-order valence-corrected chi connectivity index (χ0v) is 12.4. The zero-order chi connectivity index (χ0) is 15.7. The summed E-state index contributed by atoms with van der Waals surface area (Å²) >= 11 is 5.87. The molecule has 1 aromatic heterocycles. The van der Waals surface area contributed by atoms with E-state index in [0.29, 0.717) is 27.8 Å². The molecule has 0 aliphatic carbocycles. The highest BCUT2D eigenvalue weighted by molar-refractivity contribution is 6.30. The number of urea groups is 1. The highest BCUT2D eigenvalue weighted by Gasteiger charge is 2.29. The van der Waals surface area contributed by atoms with Gasteiger partial charge in [-0.2, -0.15) is 5.26 Å². The van der Waals surface area contributed by atoms with Gasteiger partial charge in [0, 0.05) is 16.3 Å². The number of hydrogen-bond acceptors (Lipinski definition) is 3. The Bertz CT molecular complexity index is 800. The predicted octanol–water partition coefficient (Wildman–Crippen LogP) is 3.75. The van der Waals surface area contributed by atoms with Gasteiger partial charge in [-0.25, -0.2) is 4.79 Å². The molecule has 1 atom stereocenters. The van der Waals surface area contributed by atoms with Crippen molar-refractivity contribution < 1.29 is 9.21 Å². The van der Waals surface area contributed by atoms with Crippen molar-refractivity contribution in [3.63, 3.8) is 0 Å². The maximum Gasteiger partial charge on any atom is 0.319 e. The fraction of sp³-hybridized carbons (Fsp3) is 0.125. The van der Waals surface area contributed by atoms with Gasteiger partial charge in [-0.3, -0.25) is 0 Å². The molecule has 0 saturated heterocycles. The Morgan fingerprint density at radius 3 is 2.64 bits per heavy atom. The lowest BCUT2D eigenvalue weighted by Gasteiger charge is -2.23. The van der Waals surface area contributed by atoms with Crippen LogP contribution in [0.1, 0.15) is 18.7 Å². The lowest BCUT2D eigenvalue weighted by atomic mass is 10.0. The smallest absolute Gasteiger partial charge is 0.319 e. The summed E-state index contributed by atoms with van der Waals surface area (Å²) in [5.41, 5.74) is 1.83. The second-order valence-corrected chi connectivity index (χ2v) is 5.33. The number of benzene rings is 1. The molecule has 3 rings (SSSR count). The minimum absolute atomic E-state index is 0.356. The summed E-state index contributed by atoms with van der Waals surface area (Å²) in [5.74, 6) is 1.16. The molecule has 0 saturated carbocycles. The van der Waals surface area contributed by atoms with Crippen molar-refractivity contribution in [2.75, 3.05) is 0 Å². The third kappa shape index (κ3) is 2.57. The highest BCUT2D eigenvalue weighted by atomic mass is 35.5. The molecular formula is C16H12ClN3O2. The van der Waals surface area contributed by atoms with Gasteiger partial charge in [0.15, 0.2) is 0 Å². The minimum Gasteiger partial charge on any atom is -0.458 e. The summed E-state index contributed by atoms with van der Waals surface area (Å²) in [5, 5.41) is 15.2. The van der Waals surface area contributed by atoms with Crippen LogP contribution < -0.4 is 10.6 Å². The number of nitrogens with one attached hydrogen (secondary N) is 2. The monoisotopic (exact) mass is 313 g/mol. The number of nitriles is 1. The molecule has 1 aliphatic heterocycles. The van der Waals surface area contributed by atoms with Crippen molar-refractivity contribution in [2.24, 2.45) is 0 Å². The van der Waals surface area contributed by atoms with Crippen molar-refractivity contribution >= 4 is 17.6 Å². The number of allylic oxidation sites excluding steroid dienone is 1. The first-order valence-corrected chi connectivity index (χ1v) is 7.00. The van der Waals surface area contributed by atoms with Crippen LogP contribution in [0.5, 0.6) is 0 Å². The Balaban J connectivity index is 1.96. The number of carbonyl (C=O) groups is 1. The van der Waals surface area contributed by atoms with Crippen LogP contribution in [-0.2, 0) is 0 Å². The van der Waals surface area contributed by atoms with Crippen molar-refractivity contribution in [3.8, 4) is 17.4 Å². The lowest BCUT2D eigenvalue weighted by molar-refractivity contribution is 0.237. The molecule has 6 heteroatoms. The average molecular weight is 314 g/mol. The van der Waals surface area contributed by atoms with Crippen molar-refractivity contribution in [2.45, 2.75) is 13.0 Å². The van der Waals surface area contributed by atoms with Gasteiger partial charge in [0.25, 0.3) is 0 Å². The molecule has 0 bridgehead atoms. The number of hydrogen-bond donors (Lipinski definition) is 2. The maximum atomic E-state index is 11.6. The largest absolute Gasteiger partial charge is 0.458 e. The van der Waals surface area contributed by atoms with E-state index in [2.05, 4.69) is 16.7 Å². The fourth-order valence-corrected chi connectivity index (χ4v) is 2.46. The van der Waals surface area contributed by atoms with E-state index < -0.39 is 6.04 Å². The molecule has 0 fully saturated rings. The fourth-order valence-electron chi connectivity index (χ4n) is 2.33. The summed E-state index contributed by atoms with van der Waals surface area (Å²) in [7, 11) is 0. The van der Waals surface area contributed by atoms with Crippen LogP contribution in [0.2, 0.25) is 5.02 Å². The molecule has 1 aliphatic rings. The summed E-state index contributed by atoms with van der Waals surface area (Å²) in [4.78, 5) is 11.6. The van der Waals surface area contributed by atoms with E-state index in [1.165, 1.54) is 0 Å². The molecule has 0 radical (unpaired) electrons. The van der Waals surface area contributed by atoms with Gasteiger partial charge in [0.2, 0.25) is 0 Å². The molecule has 1 unspecified atom stereocenters. The van der Waals surface area contributed by atoms with Crippen LogP contribution in [0, 0.1) is 11.3 Å². The Kier molecular flexibility index (Phi) is 3.61. The maximum absolute atomic E-state index is 11.6. The summed E-state index contributed by atoms with van der Waals surface area (Å²) < 4.78 is 5.81. The molecule has 2 amide bonds. The summed E-state index contributed by atoms with van der Waals surface area (Å²) in [6, 6.07) is 12.0. The topological polar surface area (TPSA) is 78.1 Å². The van der Waals surface area contributed by atoms with Gasteiger partial charge in [-0.15, -0.1) is 0 Å². The van der Waals surface area contributed by atoms with Crippen LogP contribution in [-0.4, -0.2) is 6.03 Å². The predicted molar refractivity (Wildman–Crippen MR) is 81.9 cm³/mol. The SMILES string of the molecule is CC1=C(C#N)C(c2ccc(-c3ccc(Cl)cc3)o2)NC(=O)N1. The summed E-state index contributed by atoms with van der Waals surface area (Å²) in [6.07, 6.45) is 0. The number of amides is 2. The number of furan rings is 1. The van der Waals surface area contributed by atoms with Crippen LogP contribution in [0.15, 0.2) is 52.1 Å². The summed E-state index contributed by atoms with van der Waals surface area (Å²) in [6.45, 7) is 1.69. The van der Waals surface area contributed by atoms with E-state index in [-0.39, 0.29) is 6.03 Å². The molecular weight excluding hydrogens is 302 g/mol. The van der Waals surface area contributed by atoms with Gasteiger partial charge in [0.1, 0.15) is 17.6 Å². The van der Waals surface area contributed by atoms with E-state index in [4.69, 9.17) is 16.0 Å². The molecule has 2 N–H and O–H groups in total. The molecule has 1 aromatic carbocycles. The van der Waals surface area contributed by atoms with E-state index in [1.54, 1.807) is 31.2 Å². The van der Waals surface area contributed by atoms with E-state index >= 15 is 0 Å². The first-order chi connectivity index (χ1) is 10.6. The molecule has 110 valence electrons. The average Bonchev–Trinajstić information content (AvgIpc) is 2.97. The minimum atomic E-state index is -0.584. The van der Waals surface area contributed by atoms with Crippen LogP contribution in [0.4, 0.5) is 4.79 Å². The van der Waals surface area contributed by atoms with Gasteiger partial charge in [0.05, 0.1) is 11.6 Å². The normalized spacial score (nSPS) is 17.7. The Hall–Kier alpha value is -2.71. The van der Waals surface area contributed by atoms with Crippen molar-refractivity contribution in [1.29, 1.82) is 5.26 Å². The number of rotatable bonds is 2. The van der Waals surface area contributed by atoms with Crippen LogP contribution in [0.3, 0.4) is 0 Å². The zero-order valence-electron chi connectivity index (χ0n) is 11.7. The van der Waals surface area contributed by atoms with Gasteiger partial charge < -0.3 is 15.1 Å². The molecule has 5 nitrogen and oxygen atoms in total. The van der Waals surface area contributed by atoms with Crippen molar-refractivity contribution in [1.82, 2.24) is 10.6 Å². The first kappa shape index (κ1) is 14.2. The van der Waals surface area contributed by atoms with E-state index in [9.17, 15) is 10.1 Å². The second-order valence-electron chi connectivity index (χ2n) is 4.89. The number of carbonyl (C=O) groups excluding carboxylic acids is 1. The Morgan fingerprint density at radius 1 is 1.23 bits per heavy atom. The van der Waals surface area contributed by atoms with Crippen LogP contribution >= 0.6 is 11.6 Å². The van der Waals surface area contributed by atoms with E-state index in [0.717, 1.165) is 5.56 Å². The quantitative estimate of drug-likeness (QED) is 0.886. The third-order valence-corrected chi connectivity index (χ3v) is 3.68. The first-order valence-electron chi connectivity index (χ1n) is 6.62. The molecule has 2 aromatic rings.